The Morgan fingerprint density at radius 1 is 1.15 bits per heavy atom. The van der Waals surface area contributed by atoms with Gasteiger partial charge in [-0.05, 0) is 31.0 Å². The summed E-state index contributed by atoms with van der Waals surface area (Å²) in [5, 5.41) is 12.8. The second kappa shape index (κ2) is 6.87. The number of benzene rings is 2. The van der Waals surface area contributed by atoms with Gasteiger partial charge >= 0.3 is 0 Å². The van der Waals surface area contributed by atoms with E-state index < -0.39 is 6.10 Å². The third kappa shape index (κ3) is 3.93. The van der Waals surface area contributed by atoms with E-state index in [-0.39, 0.29) is 5.91 Å². The minimum absolute atomic E-state index is 0.103. The standard InChI is InChI=1S/C17H19NO2/c1-13-6-5-9-15(12-13)17(20)18-11-10-16(19)14-7-3-2-4-8-14/h2-9,12,16,19H,10-11H2,1H3,(H,18,20). The van der Waals surface area contributed by atoms with Gasteiger partial charge in [0.2, 0.25) is 0 Å². The summed E-state index contributed by atoms with van der Waals surface area (Å²) in [4.78, 5) is 11.9. The van der Waals surface area contributed by atoms with Crippen molar-refractivity contribution in [3.63, 3.8) is 0 Å². The van der Waals surface area contributed by atoms with E-state index in [1.165, 1.54) is 0 Å². The van der Waals surface area contributed by atoms with Crippen molar-refractivity contribution in [1.29, 1.82) is 0 Å². The number of aliphatic hydroxyl groups is 1. The van der Waals surface area contributed by atoms with E-state index in [1.54, 1.807) is 6.07 Å². The highest BCUT2D eigenvalue weighted by atomic mass is 16.3. The van der Waals surface area contributed by atoms with Crippen LogP contribution in [-0.4, -0.2) is 17.6 Å². The maximum atomic E-state index is 11.9. The fourth-order valence-corrected chi connectivity index (χ4v) is 2.05. The molecule has 0 aromatic heterocycles. The van der Waals surface area contributed by atoms with Crippen molar-refractivity contribution in [2.24, 2.45) is 0 Å². The summed E-state index contributed by atoms with van der Waals surface area (Å²) in [6, 6.07) is 16.9. The molecule has 2 rings (SSSR count). The van der Waals surface area contributed by atoms with Crippen molar-refractivity contribution in [2.75, 3.05) is 6.54 Å². The maximum Gasteiger partial charge on any atom is 0.251 e. The van der Waals surface area contributed by atoms with Crippen LogP contribution in [0.3, 0.4) is 0 Å². The number of rotatable bonds is 5. The number of carbonyl (C=O) groups excluding carboxylic acids is 1. The summed E-state index contributed by atoms with van der Waals surface area (Å²) >= 11 is 0. The van der Waals surface area contributed by atoms with Crippen LogP contribution in [0.1, 0.15) is 34.0 Å². The summed E-state index contributed by atoms with van der Waals surface area (Å²) < 4.78 is 0. The maximum absolute atomic E-state index is 11.9. The topological polar surface area (TPSA) is 49.3 Å². The predicted molar refractivity (Wildman–Crippen MR) is 79.5 cm³/mol. The van der Waals surface area contributed by atoms with Crippen molar-refractivity contribution in [3.05, 3.63) is 71.3 Å². The third-order valence-electron chi connectivity index (χ3n) is 3.17. The second-order valence-corrected chi connectivity index (χ2v) is 4.84. The van der Waals surface area contributed by atoms with E-state index >= 15 is 0 Å². The van der Waals surface area contributed by atoms with Crippen molar-refractivity contribution in [2.45, 2.75) is 19.4 Å². The Kier molecular flexibility index (Phi) is 4.91. The molecule has 0 radical (unpaired) electrons. The largest absolute Gasteiger partial charge is 0.388 e. The van der Waals surface area contributed by atoms with Crippen LogP contribution >= 0.6 is 0 Å². The molecule has 0 aliphatic rings. The van der Waals surface area contributed by atoms with E-state index in [4.69, 9.17) is 0 Å². The van der Waals surface area contributed by atoms with Crippen LogP contribution in [0.25, 0.3) is 0 Å². The molecule has 0 aliphatic carbocycles. The Balaban J connectivity index is 1.83. The smallest absolute Gasteiger partial charge is 0.251 e. The van der Waals surface area contributed by atoms with Crippen LogP contribution in [0.4, 0.5) is 0 Å². The zero-order valence-electron chi connectivity index (χ0n) is 11.5. The van der Waals surface area contributed by atoms with E-state index in [0.717, 1.165) is 11.1 Å². The molecule has 104 valence electrons. The van der Waals surface area contributed by atoms with Gasteiger partial charge in [0.1, 0.15) is 0 Å². The Bertz CT molecular complexity index is 566. The van der Waals surface area contributed by atoms with Crippen molar-refractivity contribution in [3.8, 4) is 0 Å². The molecule has 2 N–H and O–H groups in total. The summed E-state index contributed by atoms with van der Waals surface area (Å²) in [6.45, 7) is 2.40. The van der Waals surface area contributed by atoms with Crippen molar-refractivity contribution >= 4 is 5.91 Å². The molecule has 0 heterocycles. The minimum Gasteiger partial charge on any atom is -0.388 e. The first-order valence-electron chi connectivity index (χ1n) is 6.74. The highest BCUT2D eigenvalue weighted by Gasteiger charge is 2.09. The van der Waals surface area contributed by atoms with Crippen LogP contribution < -0.4 is 5.32 Å². The number of carbonyl (C=O) groups is 1. The average Bonchev–Trinajstić information content (AvgIpc) is 2.48. The van der Waals surface area contributed by atoms with Crippen LogP contribution in [0.2, 0.25) is 0 Å². The quantitative estimate of drug-likeness (QED) is 0.877. The minimum atomic E-state index is -0.547. The monoisotopic (exact) mass is 269 g/mol. The lowest BCUT2D eigenvalue weighted by molar-refractivity contribution is 0.0942. The third-order valence-corrected chi connectivity index (χ3v) is 3.17. The molecule has 0 spiro atoms. The number of aliphatic hydroxyl groups excluding tert-OH is 1. The Hall–Kier alpha value is -2.13. The average molecular weight is 269 g/mol. The zero-order chi connectivity index (χ0) is 14.4. The molecule has 0 aliphatic heterocycles. The van der Waals surface area contributed by atoms with Crippen LogP contribution in [0, 0.1) is 6.92 Å². The zero-order valence-corrected chi connectivity index (χ0v) is 11.5. The summed E-state index contributed by atoms with van der Waals surface area (Å²) in [7, 11) is 0. The first-order valence-corrected chi connectivity index (χ1v) is 6.74. The summed E-state index contributed by atoms with van der Waals surface area (Å²) in [5.41, 5.74) is 2.58. The van der Waals surface area contributed by atoms with Gasteiger partial charge in [-0.15, -0.1) is 0 Å². The van der Waals surface area contributed by atoms with Gasteiger partial charge in [0.05, 0.1) is 6.10 Å². The van der Waals surface area contributed by atoms with E-state index in [9.17, 15) is 9.90 Å². The molecule has 2 aromatic rings. The molecule has 0 fully saturated rings. The molecule has 1 amide bonds. The molecule has 3 nitrogen and oxygen atoms in total. The molecule has 0 saturated carbocycles. The van der Waals surface area contributed by atoms with Crippen molar-refractivity contribution < 1.29 is 9.90 Å². The van der Waals surface area contributed by atoms with Gasteiger partial charge in [0.15, 0.2) is 0 Å². The van der Waals surface area contributed by atoms with Crippen molar-refractivity contribution in [1.82, 2.24) is 5.32 Å². The van der Waals surface area contributed by atoms with Gasteiger partial charge in [-0.2, -0.15) is 0 Å². The number of nitrogens with one attached hydrogen (secondary N) is 1. The highest BCUT2D eigenvalue weighted by Crippen LogP contribution is 2.15. The lowest BCUT2D eigenvalue weighted by Crippen LogP contribution is -2.25. The molecular weight excluding hydrogens is 250 g/mol. The van der Waals surface area contributed by atoms with Gasteiger partial charge in [0, 0.05) is 12.1 Å². The molecule has 0 saturated heterocycles. The molecule has 1 atom stereocenters. The number of amides is 1. The normalized spacial score (nSPS) is 11.9. The fourth-order valence-electron chi connectivity index (χ4n) is 2.05. The van der Waals surface area contributed by atoms with E-state index in [0.29, 0.717) is 18.5 Å². The number of hydrogen-bond donors (Lipinski definition) is 2. The number of aryl methyl sites for hydroxylation is 1. The molecule has 1 unspecified atom stereocenters. The lowest BCUT2D eigenvalue weighted by Gasteiger charge is -2.11. The molecule has 0 bridgehead atoms. The van der Waals surface area contributed by atoms with Gasteiger partial charge < -0.3 is 10.4 Å². The van der Waals surface area contributed by atoms with E-state index in [2.05, 4.69) is 5.32 Å². The molecule has 20 heavy (non-hydrogen) atoms. The van der Waals surface area contributed by atoms with Crippen LogP contribution in [-0.2, 0) is 0 Å². The van der Waals surface area contributed by atoms with Gasteiger partial charge in [-0.3, -0.25) is 4.79 Å². The van der Waals surface area contributed by atoms with E-state index in [1.807, 2.05) is 55.5 Å². The summed E-state index contributed by atoms with van der Waals surface area (Å²) in [5.74, 6) is -0.103. The molecular formula is C17H19NO2. The van der Waals surface area contributed by atoms with Gasteiger partial charge in [0.25, 0.3) is 5.91 Å². The first-order chi connectivity index (χ1) is 9.66. The van der Waals surface area contributed by atoms with Crippen LogP contribution in [0.5, 0.6) is 0 Å². The summed E-state index contributed by atoms with van der Waals surface area (Å²) in [6.07, 6.45) is -0.0457. The molecule has 2 aromatic carbocycles. The lowest BCUT2D eigenvalue weighted by atomic mass is 10.1. The SMILES string of the molecule is Cc1cccc(C(=O)NCCC(O)c2ccccc2)c1. The predicted octanol–water partition coefficient (Wildman–Crippen LogP) is 2.85. The fraction of sp³-hybridized carbons (Fsp3) is 0.235. The Morgan fingerprint density at radius 3 is 2.60 bits per heavy atom. The number of hydrogen-bond acceptors (Lipinski definition) is 2. The van der Waals surface area contributed by atoms with Gasteiger partial charge in [-0.1, -0.05) is 48.0 Å². The Morgan fingerprint density at radius 2 is 1.90 bits per heavy atom. The van der Waals surface area contributed by atoms with Gasteiger partial charge in [-0.25, -0.2) is 0 Å². The molecule has 3 heteroatoms. The Labute approximate surface area is 119 Å². The van der Waals surface area contributed by atoms with Crippen LogP contribution in [0.15, 0.2) is 54.6 Å². The first kappa shape index (κ1) is 14.3. The second-order valence-electron chi connectivity index (χ2n) is 4.84. The highest BCUT2D eigenvalue weighted by molar-refractivity contribution is 5.94.